The lowest BCUT2D eigenvalue weighted by Gasteiger charge is -2.19. The average Bonchev–Trinajstić information content (AvgIpc) is 2.47. The fourth-order valence-corrected chi connectivity index (χ4v) is 2.19. The van der Waals surface area contributed by atoms with Crippen LogP contribution in [-0.4, -0.2) is 23.6 Å². The maximum absolute atomic E-state index is 5.38. The van der Waals surface area contributed by atoms with Crippen LogP contribution < -0.4 is 10.1 Å². The van der Waals surface area contributed by atoms with Crippen molar-refractivity contribution in [2.24, 2.45) is 0 Å². The Kier molecular flexibility index (Phi) is 2.84. The van der Waals surface area contributed by atoms with Gasteiger partial charge in [0.1, 0.15) is 5.82 Å². The second kappa shape index (κ2) is 4.64. The van der Waals surface area contributed by atoms with Crippen molar-refractivity contribution in [3.63, 3.8) is 0 Å². The molecule has 4 nitrogen and oxygen atoms in total. The molecule has 1 aliphatic heterocycles. The molecule has 0 atom stereocenters. The number of anilines is 1. The molecular formula is C14H15N3O. The maximum atomic E-state index is 5.38. The third kappa shape index (κ3) is 1.90. The number of rotatable bonds is 2. The molecule has 1 aliphatic rings. The van der Waals surface area contributed by atoms with E-state index in [1.54, 1.807) is 7.11 Å². The maximum Gasteiger partial charge on any atom is 0.222 e. The van der Waals surface area contributed by atoms with Gasteiger partial charge in [-0.2, -0.15) is 4.98 Å². The molecule has 0 fully saturated rings. The first-order valence-electron chi connectivity index (χ1n) is 6.12. The number of aromatic nitrogens is 2. The molecule has 0 spiro atoms. The molecule has 0 aliphatic carbocycles. The molecule has 18 heavy (non-hydrogen) atoms. The van der Waals surface area contributed by atoms with Gasteiger partial charge in [0.15, 0.2) is 5.82 Å². The van der Waals surface area contributed by atoms with Crippen molar-refractivity contribution in [2.45, 2.75) is 12.8 Å². The Morgan fingerprint density at radius 3 is 2.78 bits per heavy atom. The Bertz CT molecular complexity index is 537. The molecule has 1 aromatic carbocycles. The summed E-state index contributed by atoms with van der Waals surface area (Å²) in [5, 5.41) is 3.32. The SMILES string of the molecule is COc1nc(-c2ccccc2)nc2c1CCCN2. The van der Waals surface area contributed by atoms with Crippen LogP contribution in [0.25, 0.3) is 11.4 Å². The van der Waals surface area contributed by atoms with Gasteiger partial charge < -0.3 is 10.1 Å². The highest BCUT2D eigenvalue weighted by molar-refractivity contribution is 5.61. The summed E-state index contributed by atoms with van der Waals surface area (Å²) in [6.07, 6.45) is 2.07. The van der Waals surface area contributed by atoms with Gasteiger partial charge in [-0.25, -0.2) is 4.98 Å². The molecule has 0 amide bonds. The van der Waals surface area contributed by atoms with Crippen molar-refractivity contribution >= 4 is 5.82 Å². The number of nitrogens with zero attached hydrogens (tertiary/aromatic N) is 2. The van der Waals surface area contributed by atoms with E-state index in [0.717, 1.165) is 36.3 Å². The van der Waals surface area contributed by atoms with Crippen molar-refractivity contribution in [1.82, 2.24) is 9.97 Å². The molecule has 0 saturated heterocycles. The summed E-state index contributed by atoms with van der Waals surface area (Å²) in [7, 11) is 1.66. The Balaban J connectivity index is 2.12. The van der Waals surface area contributed by atoms with Gasteiger partial charge in [0, 0.05) is 12.1 Å². The number of fused-ring (bicyclic) bond motifs is 1. The quantitative estimate of drug-likeness (QED) is 0.877. The first-order valence-corrected chi connectivity index (χ1v) is 6.12. The summed E-state index contributed by atoms with van der Waals surface area (Å²) < 4.78 is 5.38. The second-order valence-electron chi connectivity index (χ2n) is 4.28. The molecule has 4 heteroatoms. The zero-order valence-corrected chi connectivity index (χ0v) is 10.3. The van der Waals surface area contributed by atoms with Crippen molar-refractivity contribution in [1.29, 1.82) is 0 Å². The van der Waals surface area contributed by atoms with Crippen LogP contribution in [0.4, 0.5) is 5.82 Å². The van der Waals surface area contributed by atoms with Gasteiger partial charge in [0.2, 0.25) is 5.88 Å². The lowest BCUT2D eigenvalue weighted by molar-refractivity contribution is 0.391. The Hall–Kier alpha value is -2.10. The summed E-state index contributed by atoms with van der Waals surface area (Å²) in [4.78, 5) is 9.09. The van der Waals surface area contributed by atoms with E-state index < -0.39 is 0 Å². The monoisotopic (exact) mass is 241 g/mol. The molecular weight excluding hydrogens is 226 g/mol. The van der Waals surface area contributed by atoms with Crippen LogP contribution in [0.5, 0.6) is 5.88 Å². The Morgan fingerprint density at radius 2 is 2.00 bits per heavy atom. The van der Waals surface area contributed by atoms with E-state index in [1.165, 1.54) is 0 Å². The molecule has 1 N–H and O–H groups in total. The zero-order chi connectivity index (χ0) is 12.4. The minimum atomic E-state index is 0.686. The van der Waals surface area contributed by atoms with Crippen molar-refractivity contribution in [3.05, 3.63) is 35.9 Å². The van der Waals surface area contributed by atoms with Crippen LogP contribution in [0.3, 0.4) is 0 Å². The topological polar surface area (TPSA) is 47.0 Å². The molecule has 0 radical (unpaired) electrons. The van der Waals surface area contributed by atoms with E-state index in [0.29, 0.717) is 11.7 Å². The molecule has 3 rings (SSSR count). The average molecular weight is 241 g/mol. The first kappa shape index (κ1) is 11.0. The van der Waals surface area contributed by atoms with Crippen LogP contribution in [0.2, 0.25) is 0 Å². The summed E-state index contributed by atoms with van der Waals surface area (Å²) in [5.74, 6) is 2.30. The second-order valence-corrected chi connectivity index (χ2v) is 4.28. The van der Waals surface area contributed by atoms with Crippen molar-refractivity contribution in [3.8, 4) is 17.3 Å². The number of hydrogen-bond acceptors (Lipinski definition) is 4. The summed E-state index contributed by atoms with van der Waals surface area (Å²) >= 11 is 0. The van der Waals surface area contributed by atoms with Gasteiger partial charge in [0.25, 0.3) is 0 Å². The predicted octanol–water partition coefficient (Wildman–Crippen LogP) is 2.51. The fourth-order valence-electron chi connectivity index (χ4n) is 2.19. The molecule has 2 aromatic rings. The standard InChI is InChI=1S/C14H15N3O/c1-18-14-11-8-5-9-15-13(11)16-12(17-14)10-6-3-2-4-7-10/h2-4,6-7H,5,8-9H2,1H3,(H,15,16,17). The lowest BCUT2D eigenvalue weighted by Crippen LogP contribution is -2.15. The highest BCUT2D eigenvalue weighted by atomic mass is 16.5. The summed E-state index contributed by atoms with van der Waals surface area (Å²) in [6.45, 7) is 0.960. The number of hydrogen-bond donors (Lipinski definition) is 1. The van der Waals surface area contributed by atoms with Gasteiger partial charge in [0.05, 0.1) is 12.7 Å². The molecule has 0 bridgehead atoms. The van der Waals surface area contributed by atoms with Crippen LogP contribution >= 0.6 is 0 Å². The predicted molar refractivity (Wildman–Crippen MR) is 70.8 cm³/mol. The largest absolute Gasteiger partial charge is 0.481 e. The number of benzene rings is 1. The van der Waals surface area contributed by atoms with Gasteiger partial charge in [-0.1, -0.05) is 30.3 Å². The highest BCUT2D eigenvalue weighted by Crippen LogP contribution is 2.30. The Labute approximate surface area is 106 Å². The first-order chi connectivity index (χ1) is 8.88. The van der Waals surface area contributed by atoms with Crippen LogP contribution in [0.15, 0.2) is 30.3 Å². The summed E-state index contributed by atoms with van der Waals surface area (Å²) in [5.41, 5.74) is 2.09. The zero-order valence-electron chi connectivity index (χ0n) is 10.3. The Morgan fingerprint density at radius 1 is 1.17 bits per heavy atom. The van der Waals surface area contributed by atoms with Crippen LogP contribution in [0.1, 0.15) is 12.0 Å². The smallest absolute Gasteiger partial charge is 0.222 e. The molecule has 92 valence electrons. The summed E-state index contributed by atoms with van der Waals surface area (Å²) in [6, 6.07) is 9.96. The third-order valence-electron chi connectivity index (χ3n) is 3.09. The minimum absolute atomic E-state index is 0.686. The van der Waals surface area contributed by atoms with E-state index in [-0.39, 0.29) is 0 Å². The number of nitrogens with one attached hydrogen (secondary N) is 1. The van der Waals surface area contributed by atoms with E-state index in [1.807, 2.05) is 30.3 Å². The van der Waals surface area contributed by atoms with E-state index in [4.69, 9.17) is 4.74 Å². The van der Waals surface area contributed by atoms with Gasteiger partial charge in [-0.3, -0.25) is 0 Å². The van der Waals surface area contributed by atoms with Gasteiger partial charge in [-0.05, 0) is 12.8 Å². The van der Waals surface area contributed by atoms with Crippen LogP contribution in [0, 0.1) is 0 Å². The number of methoxy groups -OCH3 is 1. The van der Waals surface area contributed by atoms with E-state index in [9.17, 15) is 0 Å². The highest BCUT2D eigenvalue weighted by Gasteiger charge is 2.18. The van der Waals surface area contributed by atoms with E-state index in [2.05, 4.69) is 15.3 Å². The normalized spacial score (nSPS) is 13.6. The van der Waals surface area contributed by atoms with Crippen molar-refractivity contribution < 1.29 is 4.74 Å². The molecule has 2 heterocycles. The van der Waals surface area contributed by atoms with E-state index >= 15 is 0 Å². The molecule has 1 aromatic heterocycles. The lowest BCUT2D eigenvalue weighted by atomic mass is 10.1. The van der Waals surface area contributed by atoms with Crippen molar-refractivity contribution in [2.75, 3.05) is 19.0 Å². The minimum Gasteiger partial charge on any atom is -0.481 e. The fraction of sp³-hybridized carbons (Fsp3) is 0.286. The van der Waals surface area contributed by atoms with Crippen LogP contribution in [-0.2, 0) is 6.42 Å². The van der Waals surface area contributed by atoms with Gasteiger partial charge in [-0.15, -0.1) is 0 Å². The molecule has 0 unspecified atom stereocenters. The van der Waals surface area contributed by atoms with Gasteiger partial charge >= 0.3 is 0 Å². The number of ether oxygens (including phenoxy) is 1. The molecule has 0 saturated carbocycles. The third-order valence-corrected chi connectivity index (χ3v) is 3.09.